The number of hydrogen-bond acceptors (Lipinski definition) is 2. The third kappa shape index (κ3) is 1.59. The molecule has 0 unspecified atom stereocenters. The van der Waals surface area contributed by atoms with E-state index in [2.05, 4.69) is 9.97 Å². The van der Waals surface area contributed by atoms with E-state index in [0.29, 0.717) is 5.15 Å². The molecule has 0 saturated heterocycles. The molecule has 0 saturated carbocycles. The number of rotatable bonds is 1. The van der Waals surface area contributed by atoms with E-state index in [9.17, 15) is 0 Å². The molecule has 3 nitrogen and oxygen atoms in total. The van der Waals surface area contributed by atoms with Crippen LogP contribution in [0.25, 0.3) is 11.4 Å². The van der Waals surface area contributed by atoms with Gasteiger partial charge < -0.3 is 10.7 Å². The van der Waals surface area contributed by atoms with E-state index in [-0.39, 0.29) is 0 Å². The maximum atomic E-state index is 5.84. The Labute approximate surface area is 86.9 Å². The van der Waals surface area contributed by atoms with Crippen LogP contribution in [0.1, 0.15) is 5.69 Å². The summed E-state index contributed by atoms with van der Waals surface area (Å²) in [5, 5.41) is 0.511. The monoisotopic (exact) mass is 207 g/mol. The first-order valence-corrected chi connectivity index (χ1v) is 4.62. The highest BCUT2D eigenvalue weighted by atomic mass is 35.5. The van der Waals surface area contributed by atoms with E-state index in [4.69, 9.17) is 17.3 Å². The smallest absolute Gasteiger partial charge is 0.150 e. The van der Waals surface area contributed by atoms with Gasteiger partial charge in [0.15, 0.2) is 0 Å². The number of anilines is 1. The second-order valence-corrected chi connectivity index (χ2v) is 3.48. The van der Waals surface area contributed by atoms with Gasteiger partial charge in [-0.2, -0.15) is 0 Å². The van der Waals surface area contributed by atoms with Crippen LogP contribution in [0, 0.1) is 6.92 Å². The number of nitrogens with two attached hydrogens (primary N) is 1. The molecule has 0 fully saturated rings. The summed E-state index contributed by atoms with van der Waals surface area (Å²) < 4.78 is 0. The van der Waals surface area contributed by atoms with Gasteiger partial charge in [0.05, 0.1) is 5.69 Å². The fraction of sp³-hybridized carbons (Fsp3) is 0.100. The summed E-state index contributed by atoms with van der Waals surface area (Å²) in [5.74, 6) is 0.771. The molecular formula is C10H10ClN3. The number of aromatic nitrogens is 2. The zero-order valence-corrected chi connectivity index (χ0v) is 8.47. The number of nitrogens with zero attached hydrogens (tertiary/aromatic N) is 1. The number of aromatic amines is 1. The van der Waals surface area contributed by atoms with Crippen molar-refractivity contribution in [2.75, 3.05) is 5.73 Å². The van der Waals surface area contributed by atoms with Gasteiger partial charge in [-0.15, -0.1) is 0 Å². The molecule has 0 aliphatic heterocycles. The number of nitrogens with one attached hydrogen (secondary N) is 1. The van der Waals surface area contributed by atoms with Gasteiger partial charge in [-0.25, -0.2) is 4.98 Å². The van der Waals surface area contributed by atoms with Gasteiger partial charge in [0.1, 0.15) is 11.0 Å². The first-order chi connectivity index (χ1) is 6.66. The number of halogens is 1. The molecule has 1 heterocycles. The number of hydrogen-bond donors (Lipinski definition) is 2. The van der Waals surface area contributed by atoms with Gasteiger partial charge in [0.25, 0.3) is 0 Å². The molecule has 0 atom stereocenters. The van der Waals surface area contributed by atoms with Crippen LogP contribution in [0.4, 0.5) is 5.69 Å². The van der Waals surface area contributed by atoms with Crippen LogP contribution in [0.2, 0.25) is 5.15 Å². The van der Waals surface area contributed by atoms with Crippen molar-refractivity contribution in [3.63, 3.8) is 0 Å². The second-order valence-electron chi connectivity index (χ2n) is 3.12. The molecule has 4 heteroatoms. The highest BCUT2D eigenvalue weighted by molar-refractivity contribution is 6.30. The van der Waals surface area contributed by atoms with Crippen LogP contribution in [-0.2, 0) is 0 Å². The molecule has 2 aromatic rings. The highest BCUT2D eigenvalue weighted by Gasteiger charge is 2.05. The van der Waals surface area contributed by atoms with Crippen LogP contribution < -0.4 is 5.73 Å². The zero-order chi connectivity index (χ0) is 10.1. The Hall–Kier alpha value is -1.48. The van der Waals surface area contributed by atoms with E-state index >= 15 is 0 Å². The average Bonchev–Trinajstić information content (AvgIpc) is 2.48. The van der Waals surface area contributed by atoms with Crippen LogP contribution in [0.15, 0.2) is 24.3 Å². The molecule has 0 radical (unpaired) electrons. The van der Waals surface area contributed by atoms with Crippen molar-refractivity contribution in [1.82, 2.24) is 9.97 Å². The van der Waals surface area contributed by atoms with Gasteiger partial charge in [-0.3, -0.25) is 0 Å². The SMILES string of the molecule is Cc1[nH]c(-c2ccc(N)cc2)nc1Cl. The van der Waals surface area contributed by atoms with Gasteiger partial charge >= 0.3 is 0 Å². The van der Waals surface area contributed by atoms with Crippen molar-refractivity contribution in [1.29, 1.82) is 0 Å². The van der Waals surface area contributed by atoms with Crippen LogP contribution in [0.3, 0.4) is 0 Å². The van der Waals surface area contributed by atoms with E-state index in [0.717, 1.165) is 22.8 Å². The Kier molecular flexibility index (Phi) is 2.17. The predicted octanol–water partition coefficient (Wildman–Crippen LogP) is 2.62. The Morgan fingerprint density at radius 1 is 1.29 bits per heavy atom. The highest BCUT2D eigenvalue weighted by Crippen LogP contribution is 2.21. The maximum absolute atomic E-state index is 5.84. The summed E-state index contributed by atoms with van der Waals surface area (Å²) >= 11 is 5.84. The summed E-state index contributed by atoms with van der Waals surface area (Å²) in [7, 11) is 0. The number of benzene rings is 1. The Morgan fingerprint density at radius 2 is 1.93 bits per heavy atom. The average molecular weight is 208 g/mol. The molecule has 1 aromatic carbocycles. The van der Waals surface area contributed by atoms with E-state index in [1.54, 1.807) is 0 Å². The molecule has 0 aliphatic carbocycles. The van der Waals surface area contributed by atoms with Crippen LogP contribution >= 0.6 is 11.6 Å². The summed E-state index contributed by atoms with van der Waals surface area (Å²) in [5.41, 5.74) is 8.18. The first kappa shape index (κ1) is 9.09. The number of nitrogen functional groups attached to an aromatic ring is 1. The molecule has 0 spiro atoms. The third-order valence-corrected chi connectivity index (χ3v) is 2.38. The Morgan fingerprint density at radius 3 is 2.43 bits per heavy atom. The molecule has 1 aromatic heterocycles. The van der Waals surface area contributed by atoms with Crippen molar-refractivity contribution < 1.29 is 0 Å². The Bertz CT molecular complexity index is 425. The maximum Gasteiger partial charge on any atom is 0.150 e. The molecule has 2 rings (SSSR count). The second kappa shape index (κ2) is 3.35. The fourth-order valence-corrected chi connectivity index (χ4v) is 1.35. The number of H-pyrrole nitrogens is 1. The van der Waals surface area contributed by atoms with Gasteiger partial charge in [-0.05, 0) is 31.2 Å². The van der Waals surface area contributed by atoms with E-state index in [1.807, 2.05) is 31.2 Å². The van der Waals surface area contributed by atoms with Crippen molar-refractivity contribution in [2.24, 2.45) is 0 Å². The number of imidazole rings is 1. The summed E-state index contributed by atoms with van der Waals surface area (Å²) in [4.78, 5) is 7.28. The van der Waals surface area contributed by atoms with Gasteiger partial charge in [0, 0.05) is 11.3 Å². The van der Waals surface area contributed by atoms with E-state index in [1.165, 1.54) is 0 Å². The molecule has 14 heavy (non-hydrogen) atoms. The van der Waals surface area contributed by atoms with Crippen LogP contribution in [0.5, 0.6) is 0 Å². The lowest BCUT2D eigenvalue weighted by Crippen LogP contribution is -1.85. The van der Waals surface area contributed by atoms with Crippen molar-refractivity contribution in [3.05, 3.63) is 35.1 Å². The lowest BCUT2D eigenvalue weighted by atomic mass is 10.2. The minimum atomic E-state index is 0.511. The summed E-state index contributed by atoms with van der Waals surface area (Å²) in [6.07, 6.45) is 0. The topological polar surface area (TPSA) is 54.7 Å². The summed E-state index contributed by atoms with van der Waals surface area (Å²) in [6, 6.07) is 7.48. The number of aryl methyl sites for hydroxylation is 1. The lowest BCUT2D eigenvalue weighted by Gasteiger charge is -1.96. The molecule has 0 aliphatic rings. The molecule has 3 N–H and O–H groups in total. The first-order valence-electron chi connectivity index (χ1n) is 4.25. The molecular weight excluding hydrogens is 198 g/mol. The van der Waals surface area contributed by atoms with Crippen molar-refractivity contribution >= 4 is 17.3 Å². The predicted molar refractivity (Wildman–Crippen MR) is 58.2 cm³/mol. The molecule has 0 bridgehead atoms. The molecule has 0 amide bonds. The largest absolute Gasteiger partial charge is 0.399 e. The molecule has 72 valence electrons. The lowest BCUT2D eigenvalue weighted by molar-refractivity contribution is 1.26. The van der Waals surface area contributed by atoms with Crippen LogP contribution in [-0.4, -0.2) is 9.97 Å². The van der Waals surface area contributed by atoms with Gasteiger partial charge in [0.2, 0.25) is 0 Å². The van der Waals surface area contributed by atoms with Crippen molar-refractivity contribution in [3.8, 4) is 11.4 Å². The standard InChI is InChI=1S/C10H10ClN3/c1-6-9(11)14-10(13-6)7-2-4-8(12)5-3-7/h2-5H,12H2,1H3,(H,13,14). The quantitative estimate of drug-likeness (QED) is 0.707. The summed E-state index contributed by atoms with van der Waals surface area (Å²) in [6.45, 7) is 1.89. The normalized spacial score (nSPS) is 10.4. The van der Waals surface area contributed by atoms with Gasteiger partial charge in [-0.1, -0.05) is 11.6 Å². The van der Waals surface area contributed by atoms with E-state index < -0.39 is 0 Å². The Balaban J connectivity index is 2.44. The minimum absolute atomic E-state index is 0.511. The fourth-order valence-electron chi connectivity index (χ4n) is 1.22. The van der Waals surface area contributed by atoms with Crippen molar-refractivity contribution in [2.45, 2.75) is 6.92 Å². The minimum Gasteiger partial charge on any atom is -0.399 e. The zero-order valence-electron chi connectivity index (χ0n) is 7.71. The third-order valence-electron chi connectivity index (χ3n) is 2.01.